The predicted molar refractivity (Wildman–Crippen MR) is 115 cm³/mol. The van der Waals surface area contributed by atoms with E-state index in [9.17, 15) is 4.55 Å². The molecule has 0 radical (unpaired) electrons. The molecule has 3 aromatic rings. The molecule has 3 nitrogen and oxygen atoms in total. The number of aryl methyl sites for hydroxylation is 1. The van der Waals surface area contributed by atoms with Crippen LogP contribution in [0.5, 0.6) is 0 Å². The molecule has 4 heteroatoms. The molecule has 4 rings (SSSR count). The number of fused-ring (bicyclic) bond motifs is 2. The maximum atomic E-state index is 12.2. The number of rotatable bonds is 6. The highest BCUT2D eigenvalue weighted by Crippen LogP contribution is 2.33. The Morgan fingerprint density at radius 1 is 1.11 bits per heavy atom. The first-order chi connectivity index (χ1) is 13.1. The molecule has 2 atom stereocenters. The number of hydrogen-bond donors (Lipinski definition) is 1. The predicted octanol–water partition coefficient (Wildman–Crippen LogP) is 4.64. The van der Waals surface area contributed by atoms with Gasteiger partial charge >= 0.3 is 0 Å². The maximum absolute atomic E-state index is 12.2. The Hall–Kier alpha value is -2.01. The Balaban J connectivity index is 1.34. The number of anilines is 1. The smallest absolute Gasteiger partial charge is 0.183 e. The molecule has 1 heterocycles. The monoisotopic (exact) mass is 378 g/mol. The first-order valence-electron chi connectivity index (χ1n) is 9.57. The van der Waals surface area contributed by atoms with E-state index in [1.807, 2.05) is 7.05 Å². The average Bonchev–Trinajstić information content (AvgIpc) is 2.98. The van der Waals surface area contributed by atoms with Crippen LogP contribution >= 0.6 is 0 Å². The van der Waals surface area contributed by atoms with Crippen LogP contribution in [0.4, 0.5) is 5.69 Å². The van der Waals surface area contributed by atoms with Gasteiger partial charge in [-0.15, -0.1) is 0 Å². The van der Waals surface area contributed by atoms with Crippen LogP contribution in [0.1, 0.15) is 30.5 Å². The van der Waals surface area contributed by atoms with Crippen molar-refractivity contribution in [2.24, 2.45) is 0 Å². The fraction of sp³-hybridized carbons (Fsp3) is 0.304. The van der Waals surface area contributed by atoms with Gasteiger partial charge in [0.1, 0.15) is 0 Å². The molecule has 0 saturated carbocycles. The van der Waals surface area contributed by atoms with Crippen molar-refractivity contribution in [1.29, 1.82) is 0 Å². The van der Waals surface area contributed by atoms with Crippen LogP contribution in [0.3, 0.4) is 0 Å². The van der Waals surface area contributed by atoms with E-state index < -0.39 is 11.2 Å². The zero-order valence-electron chi connectivity index (χ0n) is 15.9. The Morgan fingerprint density at radius 3 is 2.81 bits per heavy atom. The van der Waals surface area contributed by atoms with Gasteiger partial charge in [-0.2, -0.15) is 0 Å². The van der Waals surface area contributed by atoms with Gasteiger partial charge in [-0.1, -0.05) is 48.5 Å². The van der Waals surface area contributed by atoms with Crippen molar-refractivity contribution < 1.29 is 4.55 Å². The standard InChI is InChI=1S/C23H26N2OS/c1-17(20-11-5-9-19-8-3-4-10-21(19)20)24-14-6-7-18-12-13-22-23(15-18)27(26)16-25(22)2/h3-5,8-13,15,17,24H,6-7,14,16H2,1-2H3. The minimum Gasteiger partial charge on any atom is -0.610 e. The van der Waals surface area contributed by atoms with Crippen molar-refractivity contribution in [3.05, 3.63) is 71.8 Å². The Labute approximate surface area is 164 Å². The molecule has 3 aromatic carbocycles. The van der Waals surface area contributed by atoms with E-state index >= 15 is 0 Å². The lowest BCUT2D eigenvalue weighted by atomic mass is 9.99. The van der Waals surface area contributed by atoms with Gasteiger partial charge in [0, 0.05) is 24.3 Å². The van der Waals surface area contributed by atoms with Gasteiger partial charge in [-0.25, -0.2) is 0 Å². The molecule has 27 heavy (non-hydrogen) atoms. The Morgan fingerprint density at radius 2 is 1.93 bits per heavy atom. The molecule has 2 unspecified atom stereocenters. The van der Waals surface area contributed by atoms with E-state index in [-0.39, 0.29) is 0 Å². The van der Waals surface area contributed by atoms with E-state index in [0.29, 0.717) is 11.9 Å². The van der Waals surface area contributed by atoms with Crippen LogP contribution in [-0.4, -0.2) is 24.0 Å². The van der Waals surface area contributed by atoms with Crippen LogP contribution < -0.4 is 10.2 Å². The summed E-state index contributed by atoms with van der Waals surface area (Å²) in [7, 11) is 2.00. The van der Waals surface area contributed by atoms with Crippen molar-refractivity contribution in [1.82, 2.24) is 5.32 Å². The first kappa shape index (κ1) is 18.4. The SMILES string of the molecule is CC(NCCCc1ccc2c(c1)[S+]([O-])CN2C)c1cccc2ccccc12. The second-order valence-corrected chi connectivity index (χ2v) is 8.71. The number of benzene rings is 3. The molecule has 1 aliphatic rings. The Bertz CT molecular complexity index is 937. The lowest BCUT2D eigenvalue weighted by molar-refractivity contribution is 0.561. The molecular formula is C23H26N2OS. The lowest BCUT2D eigenvalue weighted by Crippen LogP contribution is -2.20. The molecule has 0 saturated heterocycles. The highest BCUT2D eigenvalue weighted by molar-refractivity contribution is 7.92. The fourth-order valence-corrected chi connectivity index (χ4v) is 5.25. The normalized spacial score (nSPS) is 17.3. The molecule has 0 spiro atoms. The zero-order valence-corrected chi connectivity index (χ0v) is 16.8. The lowest BCUT2D eigenvalue weighted by Gasteiger charge is -2.16. The number of hydrogen-bond acceptors (Lipinski definition) is 3. The van der Waals surface area contributed by atoms with Crippen LogP contribution in [-0.2, 0) is 17.6 Å². The van der Waals surface area contributed by atoms with Crippen LogP contribution in [0.2, 0.25) is 0 Å². The molecule has 0 fully saturated rings. The highest BCUT2D eigenvalue weighted by Gasteiger charge is 2.28. The minimum absolute atomic E-state index is 0.317. The summed E-state index contributed by atoms with van der Waals surface area (Å²) < 4.78 is 12.2. The first-order valence-corrected chi connectivity index (χ1v) is 10.9. The molecule has 1 aliphatic heterocycles. The van der Waals surface area contributed by atoms with Gasteiger partial charge in [-0.3, -0.25) is 0 Å². The van der Waals surface area contributed by atoms with Crippen LogP contribution in [0, 0.1) is 0 Å². The highest BCUT2D eigenvalue weighted by atomic mass is 32.2. The Kier molecular flexibility index (Phi) is 5.39. The minimum atomic E-state index is -0.881. The molecular weight excluding hydrogens is 352 g/mol. The summed E-state index contributed by atoms with van der Waals surface area (Å²) >= 11 is -0.881. The second-order valence-electron chi connectivity index (χ2n) is 7.32. The third-order valence-electron chi connectivity index (χ3n) is 5.37. The van der Waals surface area contributed by atoms with E-state index in [0.717, 1.165) is 30.0 Å². The van der Waals surface area contributed by atoms with Crippen molar-refractivity contribution in [2.75, 3.05) is 24.4 Å². The van der Waals surface area contributed by atoms with E-state index in [4.69, 9.17) is 0 Å². The molecule has 140 valence electrons. The fourth-order valence-electron chi connectivity index (χ4n) is 3.88. The van der Waals surface area contributed by atoms with Crippen molar-refractivity contribution >= 4 is 27.6 Å². The van der Waals surface area contributed by atoms with Crippen molar-refractivity contribution in [2.45, 2.75) is 30.7 Å². The molecule has 0 aromatic heterocycles. The molecule has 0 bridgehead atoms. The maximum Gasteiger partial charge on any atom is 0.183 e. The van der Waals surface area contributed by atoms with Crippen molar-refractivity contribution in [3.63, 3.8) is 0 Å². The second kappa shape index (κ2) is 7.93. The molecule has 0 amide bonds. The van der Waals surface area contributed by atoms with Crippen molar-refractivity contribution in [3.8, 4) is 0 Å². The van der Waals surface area contributed by atoms with Gasteiger partial charge in [0.15, 0.2) is 10.8 Å². The van der Waals surface area contributed by atoms with Gasteiger partial charge in [0.2, 0.25) is 0 Å². The van der Waals surface area contributed by atoms with E-state index in [1.54, 1.807) is 0 Å². The summed E-state index contributed by atoms with van der Waals surface area (Å²) in [6, 6.07) is 21.8. The van der Waals surface area contributed by atoms with Gasteiger partial charge in [-0.05, 0) is 60.3 Å². The third kappa shape index (κ3) is 3.84. The molecule has 0 aliphatic carbocycles. The summed E-state index contributed by atoms with van der Waals surface area (Å²) in [5, 5.41) is 6.28. The zero-order chi connectivity index (χ0) is 18.8. The number of nitrogens with one attached hydrogen (secondary N) is 1. The quantitative estimate of drug-likeness (QED) is 0.502. The summed E-state index contributed by atoms with van der Waals surface area (Å²) in [4.78, 5) is 3.06. The summed E-state index contributed by atoms with van der Waals surface area (Å²) in [5.41, 5.74) is 3.74. The van der Waals surface area contributed by atoms with Gasteiger partial charge in [0.25, 0.3) is 0 Å². The van der Waals surface area contributed by atoms with Gasteiger partial charge in [0.05, 0.1) is 5.69 Å². The van der Waals surface area contributed by atoms with E-state index in [2.05, 4.69) is 77.8 Å². The summed E-state index contributed by atoms with van der Waals surface area (Å²) in [5.74, 6) is 0.614. The van der Waals surface area contributed by atoms with Crippen LogP contribution in [0.25, 0.3) is 10.8 Å². The average molecular weight is 379 g/mol. The summed E-state index contributed by atoms with van der Waals surface area (Å²) in [6.07, 6.45) is 2.07. The number of nitrogens with zero attached hydrogens (tertiary/aromatic N) is 1. The van der Waals surface area contributed by atoms with Crippen LogP contribution in [0.15, 0.2) is 65.6 Å². The topological polar surface area (TPSA) is 38.3 Å². The summed E-state index contributed by atoms with van der Waals surface area (Å²) in [6.45, 7) is 3.20. The van der Waals surface area contributed by atoms with E-state index in [1.165, 1.54) is 21.9 Å². The molecule has 1 N–H and O–H groups in total. The largest absolute Gasteiger partial charge is 0.610 e. The third-order valence-corrected chi connectivity index (χ3v) is 6.81. The van der Waals surface area contributed by atoms with Gasteiger partial charge < -0.3 is 14.8 Å².